The van der Waals surface area contributed by atoms with E-state index in [1.807, 2.05) is 12.1 Å². The Balaban J connectivity index is 1.23. The van der Waals surface area contributed by atoms with Gasteiger partial charge in [0.25, 0.3) is 0 Å². The number of anilines is 1. The van der Waals surface area contributed by atoms with Crippen LogP contribution in [0, 0.1) is 0 Å². The van der Waals surface area contributed by atoms with E-state index < -0.39 is 9.84 Å². The summed E-state index contributed by atoms with van der Waals surface area (Å²) in [7, 11) is -3.22. The Hall–Kier alpha value is -2.85. The number of sulfone groups is 1. The lowest BCUT2D eigenvalue weighted by molar-refractivity contribution is 0.326. The fraction of sp³-hybridized carbons (Fsp3) is 0.391. The zero-order valence-electron chi connectivity index (χ0n) is 18.1. The van der Waals surface area contributed by atoms with Crippen LogP contribution in [0.1, 0.15) is 49.2 Å². The SMILES string of the molecule is CS(=O)(=O)c1ccc(-c2csc3c(N4CCC(c5nc(C6CC6)no5)CC4)ncnc23)cc1. The molecule has 0 bridgehead atoms. The molecule has 6 rings (SSSR count). The van der Waals surface area contributed by atoms with Gasteiger partial charge in [0.2, 0.25) is 5.89 Å². The molecular formula is C23H23N5O3S2. The van der Waals surface area contributed by atoms with Crippen molar-refractivity contribution in [2.75, 3.05) is 24.2 Å². The minimum atomic E-state index is -3.22. The maximum atomic E-state index is 11.8. The number of fused-ring (bicyclic) bond motifs is 1. The Bertz CT molecular complexity index is 1420. The van der Waals surface area contributed by atoms with Gasteiger partial charge in [-0.1, -0.05) is 17.3 Å². The molecule has 1 aliphatic carbocycles. The van der Waals surface area contributed by atoms with Crippen LogP contribution < -0.4 is 4.90 Å². The first-order valence-corrected chi connectivity index (χ1v) is 13.9. The largest absolute Gasteiger partial charge is 0.355 e. The van der Waals surface area contributed by atoms with Crippen LogP contribution in [0.3, 0.4) is 0 Å². The molecule has 1 saturated carbocycles. The average Bonchev–Trinajstić information content (AvgIpc) is 3.39. The van der Waals surface area contributed by atoms with Gasteiger partial charge in [-0.2, -0.15) is 4.98 Å². The Morgan fingerprint density at radius 1 is 1.03 bits per heavy atom. The molecule has 1 aromatic carbocycles. The molecule has 2 aliphatic rings. The predicted molar refractivity (Wildman–Crippen MR) is 126 cm³/mol. The Morgan fingerprint density at radius 2 is 1.79 bits per heavy atom. The van der Waals surface area contributed by atoms with Crippen molar-refractivity contribution in [2.24, 2.45) is 0 Å². The zero-order valence-corrected chi connectivity index (χ0v) is 19.8. The third-order valence-corrected chi connectivity index (χ3v) is 8.57. The highest BCUT2D eigenvalue weighted by Gasteiger charge is 2.32. The molecule has 1 saturated heterocycles. The topological polar surface area (TPSA) is 102 Å². The molecule has 4 aromatic rings. The van der Waals surface area contributed by atoms with Crippen LogP contribution in [0.15, 0.2) is 45.4 Å². The maximum Gasteiger partial charge on any atom is 0.229 e. The van der Waals surface area contributed by atoms with Crippen LogP contribution in [-0.2, 0) is 9.84 Å². The van der Waals surface area contributed by atoms with Gasteiger partial charge in [0.1, 0.15) is 12.1 Å². The van der Waals surface area contributed by atoms with Gasteiger partial charge in [-0.05, 0) is 43.4 Å². The minimum absolute atomic E-state index is 0.297. The molecule has 1 aliphatic heterocycles. The highest BCUT2D eigenvalue weighted by Crippen LogP contribution is 2.41. The summed E-state index contributed by atoms with van der Waals surface area (Å²) in [6.07, 6.45) is 7.07. The van der Waals surface area contributed by atoms with Gasteiger partial charge in [0.05, 0.1) is 15.1 Å². The second-order valence-electron chi connectivity index (χ2n) is 8.85. The highest BCUT2D eigenvalue weighted by molar-refractivity contribution is 7.90. The lowest BCUT2D eigenvalue weighted by Crippen LogP contribution is -2.33. The zero-order chi connectivity index (χ0) is 22.6. The second kappa shape index (κ2) is 7.88. The molecule has 0 spiro atoms. The van der Waals surface area contributed by atoms with Crippen LogP contribution in [0.25, 0.3) is 21.3 Å². The van der Waals surface area contributed by atoms with Crippen molar-refractivity contribution < 1.29 is 12.9 Å². The molecule has 33 heavy (non-hydrogen) atoms. The average molecular weight is 482 g/mol. The van der Waals surface area contributed by atoms with Crippen molar-refractivity contribution in [1.82, 2.24) is 20.1 Å². The number of hydrogen-bond donors (Lipinski definition) is 0. The third-order valence-electron chi connectivity index (χ3n) is 6.47. The van der Waals surface area contributed by atoms with Gasteiger partial charge >= 0.3 is 0 Å². The first-order chi connectivity index (χ1) is 16.0. The van der Waals surface area contributed by atoms with E-state index in [1.54, 1.807) is 29.8 Å². The van der Waals surface area contributed by atoms with Gasteiger partial charge < -0.3 is 9.42 Å². The number of piperidine rings is 1. The van der Waals surface area contributed by atoms with Crippen molar-refractivity contribution in [2.45, 2.75) is 42.4 Å². The van der Waals surface area contributed by atoms with E-state index in [1.165, 1.54) is 19.1 Å². The molecule has 0 unspecified atom stereocenters. The Kier molecular flexibility index (Phi) is 4.95. The number of hydrogen-bond acceptors (Lipinski definition) is 9. The molecular weight excluding hydrogens is 458 g/mol. The van der Waals surface area contributed by atoms with Gasteiger partial charge in [0, 0.05) is 42.1 Å². The van der Waals surface area contributed by atoms with Gasteiger partial charge in [0.15, 0.2) is 15.7 Å². The van der Waals surface area contributed by atoms with Crippen molar-refractivity contribution in [3.63, 3.8) is 0 Å². The lowest BCUT2D eigenvalue weighted by Gasteiger charge is -2.31. The number of nitrogens with zero attached hydrogens (tertiary/aromatic N) is 5. The molecule has 170 valence electrons. The van der Waals surface area contributed by atoms with Crippen LogP contribution in [0.5, 0.6) is 0 Å². The number of aromatic nitrogens is 4. The molecule has 10 heteroatoms. The van der Waals surface area contributed by atoms with Gasteiger partial charge in [-0.3, -0.25) is 0 Å². The smallest absolute Gasteiger partial charge is 0.229 e. The van der Waals surface area contributed by atoms with Crippen molar-refractivity contribution in [3.8, 4) is 11.1 Å². The number of benzene rings is 1. The molecule has 3 aromatic heterocycles. The Labute approximate surface area is 195 Å². The molecule has 0 amide bonds. The highest BCUT2D eigenvalue weighted by atomic mass is 32.2. The van der Waals surface area contributed by atoms with Crippen molar-refractivity contribution in [3.05, 3.63) is 47.7 Å². The summed E-state index contributed by atoms with van der Waals surface area (Å²) in [6.45, 7) is 1.74. The normalized spacial score (nSPS) is 17.7. The fourth-order valence-corrected chi connectivity index (χ4v) is 6.08. The fourth-order valence-electron chi connectivity index (χ4n) is 4.41. The summed E-state index contributed by atoms with van der Waals surface area (Å²) in [4.78, 5) is 16.4. The number of rotatable bonds is 5. The standard InChI is InChI=1S/C23H23N5O3S2/c1-33(29,30)17-6-4-14(5-7-17)18-12-32-20-19(18)24-13-25-22(20)28-10-8-16(9-11-28)23-26-21(27-31-23)15-2-3-15/h4-7,12-13,15-16H,2-3,8-11H2,1H3. The quantitative estimate of drug-likeness (QED) is 0.413. The lowest BCUT2D eigenvalue weighted by atomic mass is 9.96. The van der Waals surface area contributed by atoms with E-state index in [0.29, 0.717) is 16.7 Å². The van der Waals surface area contributed by atoms with E-state index in [-0.39, 0.29) is 0 Å². The molecule has 0 N–H and O–H groups in total. The second-order valence-corrected chi connectivity index (χ2v) is 11.7. The van der Waals surface area contributed by atoms with Gasteiger partial charge in [-0.15, -0.1) is 11.3 Å². The summed E-state index contributed by atoms with van der Waals surface area (Å²) in [5.41, 5.74) is 2.83. The van der Waals surface area contributed by atoms with Crippen molar-refractivity contribution in [1.29, 1.82) is 0 Å². The number of thiophene rings is 1. The van der Waals surface area contributed by atoms with Gasteiger partial charge in [-0.25, -0.2) is 18.4 Å². The predicted octanol–water partition coefficient (Wildman–Crippen LogP) is 4.41. The third kappa shape index (κ3) is 3.91. The molecule has 0 radical (unpaired) electrons. The van der Waals surface area contributed by atoms with E-state index in [9.17, 15) is 8.42 Å². The van der Waals surface area contributed by atoms with E-state index >= 15 is 0 Å². The molecule has 2 fully saturated rings. The molecule has 4 heterocycles. The molecule has 0 atom stereocenters. The van der Waals surface area contributed by atoms with E-state index in [2.05, 4.69) is 30.4 Å². The van der Waals surface area contributed by atoms with Crippen molar-refractivity contribution >= 4 is 37.2 Å². The summed E-state index contributed by atoms with van der Waals surface area (Å²) < 4.78 is 30.2. The Morgan fingerprint density at radius 3 is 2.48 bits per heavy atom. The maximum absolute atomic E-state index is 11.8. The first kappa shape index (κ1) is 20.7. The van der Waals surface area contributed by atoms with E-state index in [4.69, 9.17) is 4.52 Å². The first-order valence-electron chi connectivity index (χ1n) is 11.1. The molecule has 8 nitrogen and oxygen atoms in total. The van der Waals surface area contributed by atoms with Crippen LogP contribution in [-0.4, -0.2) is 47.9 Å². The van der Waals surface area contributed by atoms with Crippen LogP contribution in [0.4, 0.5) is 5.82 Å². The minimum Gasteiger partial charge on any atom is -0.355 e. The summed E-state index contributed by atoms with van der Waals surface area (Å²) in [6, 6.07) is 6.97. The van der Waals surface area contributed by atoms with E-state index in [0.717, 1.165) is 64.8 Å². The summed E-state index contributed by atoms with van der Waals surface area (Å²) in [5, 5.41) is 6.24. The summed E-state index contributed by atoms with van der Waals surface area (Å²) in [5.74, 6) is 3.41. The monoisotopic (exact) mass is 481 g/mol. The van der Waals surface area contributed by atoms with Crippen LogP contribution in [0.2, 0.25) is 0 Å². The summed E-state index contributed by atoms with van der Waals surface area (Å²) >= 11 is 1.62. The van der Waals surface area contributed by atoms with Crippen LogP contribution >= 0.6 is 11.3 Å².